The number of esters is 2. The van der Waals surface area contributed by atoms with Crippen LogP contribution in [0.25, 0.3) is 0 Å². The Hall–Kier alpha value is -3.39. The van der Waals surface area contributed by atoms with Crippen LogP contribution in [0.3, 0.4) is 0 Å². The van der Waals surface area contributed by atoms with Crippen LogP contribution in [-0.2, 0) is 40.4 Å². The Kier molecular flexibility index (Phi) is 5.29. The standard InChI is InChI=1S/C27H28N2O6/c1-15-17(3-5-19-21(15)13-33-25(19)30)7-9-28-10-8-23-24(12-28)35-27(32)29(23)11-18-4-6-20-22(16(18)2)14-34-26(20)31/h3-6,23-24H,7-14H2,1-2H3/t23-,24-/m1/s1. The smallest absolute Gasteiger partial charge is 0.410 e. The van der Waals surface area contributed by atoms with Crippen LogP contribution < -0.4 is 0 Å². The molecule has 182 valence electrons. The van der Waals surface area contributed by atoms with Crippen LogP contribution in [0.4, 0.5) is 4.79 Å². The van der Waals surface area contributed by atoms with E-state index in [9.17, 15) is 14.4 Å². The first-order valence-electron chi connectivity index (χ1n) is 12.2. The van der Waals surface area contributed by atoms with E-state index < -0.39 is 0 Å². The largest absolute Gasteiger partial charge is 0.457 e. The van der Waals surface area contributed by atoms with Crippen LogP contribution in [-0.4, -0.2) is 59.6 Å². The van der Waals surface area contributed by atoms with Gasteiger partial charge in [-0.25, -0.2) is 14.4 Å². The zero-order chi connectivity index (χ0) is 24.3. The number of carbonyl (C=O) groups is 3. The molecule has 1 amide bonds. The maximum Gasteiger partial charge on any atom is 0.410 e. The molecule has 2 aromatic carbocycles. The Morgan fingerprint density at radius 2 is 1.51 bits per heavy atom. The van der Waals surface area contributed by atoms with Crippen LogP contribution in [0.5, 0.6) is 0 Å². The van der Waals surface area contributed by atoms with Gasteiger partial charge in [-0.1, -0.05) is 12.1 Å². The van der Waals surface area contributed by atoms with Crippen molar-refractivity contribution < 1.29 is 28.6 Å². The van der Waals surface area contributed by atoms with Gasteiger partial charge in [0, 0.05) is 37.3 Å². The minimum Gasteiger partial charge on any atom is -0.457 e. The lowest BCUT2D eigenvalue weighted by Crippen LogP contribution is -2.49. The lowest BCUT2D eigenvalue weighted by molar-refractivity contribution is 0.0526. The van der Waals surface area contributed by atoms with Gasteiger partial charge in [-0.3, -0.25) is 9.80 Å². The number of fused-ring (bicyclic) bond motifs is 3. The highest BCUT2D eigenvalue weighted by Crippen LogP contribution is 2.32. The predicted octanol–water partition coefficient (Wildman–Crippen LogP) is 3.28. The fourth-order valence-electron chi connectivity index (χ4n) is 5.86. The van der Waals surface area contributed by atoms with E-state index in [0.29, 0.717) is 37.4 Å². The summed E-state index contributed by atoms with van der Waals surface area (Å²) < 4.78 is 16.1. The van der Waals surface area contributed by atoms with Crippen molar-refractivity contribution in [2.45, 2.75) is 58.6 Å². The van der Waals surface area contributed by atoms with Crippen LogP contribution in [0.1, 0.15) is 60.5 Å². The summed E-state index contributed by atoms with van der Waals surface area (Å²) >= 11 is 0. The van der Waals surface area contributed by atoms with E-state index in [2.05, 4.69) is 11.8 Å². The van der Waals surface area contributed by atoms with E-state index in [0.717, 1.165) is 53.7 Å². The van der Waals surface area contributed by atoms with Crippen molar-refractivity contribution in [3.63, 3.8) is 0 Å². The van der Waals surface area contributed by atoms with Gasteiger partial charge in [0.2, 0.25) is 0 Å². The molecule has 0 radical (unpaired) electrons. The van der Waals surface area contributed by atoms with E-state index in [4.69, 9.17) is 14.2 Å². The molecule has 0 saturated carbocycles. The van der Waals surface area contributed by atoms with Gasteiger partial charge in [-0.2, -0.15) is 0 Å². The number of piperidine rings is 1. The second kappa shape index (κ2) is 8.37. The summed E-state index contributed by atoms with van der Waals surface area (Å²) in [5.74, 6) is -0.513. The molecule has 2 aromatic rings. The van der Waals surface area contributed by atoms with Crippen molar-refractivity contribution in [1.82, 2.24) is 9.80 Å². The number of cyclic esters (lactones) is 2. The Bertz CT molecular complexity index is 1250. The molecule has 8 heteroatoms. The fourth-order valence-corrected chi connectivity index (χ4v) is 5.86. The summed E-state index contributed by atoms with van der Waals surface area (Å²) in [5, 5.41) is 0. The lowest BCUT2D eigenvalue weighted by Gasteiger charge is -2.35. The molecule has 0 aromatic heterocycles. The van der Waals surface area contributed by atoms with Crippen molar-refractivity contribution >= 4 is 18.0 Å². The first-order chi connectivity index (χ1) is 16.9. The maximum absolute atomic E-state index is 12.8. The van der Waals surface area contributed by atoms with E-state index in [1.165, 1.54) is 5.56 Å². The molecule has 8 nitrogen and oxygen atoms in total. The molecule has 4 heterocycles. The molecule has 2 fully saturated rings. The van der Waals surface area contributed by atoms with Crippen molar-refractivity contribution in [3.8, 4) is 0 Å². The second-order valence-corrected chi connectivity index (χ2v) is 9.86. The third-order valence-electron chi connectivity index (χ3n) is 8.09. The zero-order valence-electron chi connectivity index (χ0n) is 20.0. The molecule has 4 aliphatic heterocycles. The molecule has 0 aliphatic carbocycles. The second-order valence-electron chi connectivity index (χ2n) is 9.86. The molecule has 4 aliphatic rings. The summed E-state index contributed by atoms with van der Waals surface area (Å²) in [5.41, 5.74) is 7.63. The monoisotopic (exact) mass is 476 g/mol. The SMILES string of the molecule is Cc1c(CCN2CC[C@@H]3[C@@H](C2)OC(=O)N3Cc2ccc3c(c2C)COC3=O)ccc2c1COC2=O. The fraction of sp³-hybridized carbons (Fsp3) is 0.444. The topological polar surface area (TPSA) is 85.4 Å². The van der Waals surface area contributed by atoms with Crippen LogP contribution in [0.15, 0.2) is 24.3 Å². The van der Waals surface area contributed by atoms with E-state index in [1.54, 1.807) is 6.07 Å². The highest BCUT2D eigenvalue weighted by atomic mass is 16.6. The Labute approximate surface area is 203 Å². The van der Waals surface area contributed by atoms with Gasteiger partial charge >= 0.3 is 18.0 Å². The molecule has 0 N–H and O–H groups in total. The average Bonchev–Trinajstić information content (AvgIpc) is 3.51. The summed E-state index contributed by atoms with van der Waals surface area (Å²) in [4.78, 5) is 40.6. The quantitative estimate of drug-likeness (QED) is 0.484. The van der Waals surface area contributed by atoms with Crippen molar-refractivity contribution in [3.05, 3.63) is 68.8 Å². The average molecular weight is 477 g/mol. The lowest BCUT2D eigenvalue weighted by atomic mass is 9.95. The summed E-state index contributed by atoms with van der Waals surface area (Å²) in [6, 6.07) is 7.68. The van der Waals surface area contributed by atoms with Crippen LogP contribution in [0, 0.1) is 13.8 Å². The molecular weight excluding hydrogens is 448 g/mol. The van der Waals surface area contributed by atoms with Crippen molar-refractivity contribution in [2.75, 3.05) is 19.6 Å². The summed E-state index contributed by atoms with van der Waals surface area (Å²) in [6.45, 7) is 7.65. The van der Waals surface area contributed by atoms with E-state index >= 15 is 0 Å². The Morgan fingerprint density at radius 1 is 0.886 bits per heavy atom. The maximum atomic E-state index is 12.8. The molecule has 0 spiro atoms. The summed E-state index contributed by atoms with van der Waals surface area (Å²) in [7, 11) is 0. The third-order valence-corrected chi connectivity index (χ3v) is 8.09. The van der Waals surface area contributed by atoms with Gasteiger partial charge in [0.15, 0.2) is 0 Å². The normalized spacial score (nSPS) is 23.0. The van der Waals surface area contributed by atoms with Gasteiger partial charge in [0.1, 0.15) is 19.3 Å². The molecule has 0 unspecified atom stereocenters. The number of likely N-dealkylation sites (tertiary alicyclic amines) is 1. The van der Waals surface area contributed by atoms with Gasteiger partial charge in [-0.05, 0) is 61.1 Å². The number of carbonyl (C=O) groups excluding carboxylic acids is 3. The highest BCUT2D eigenvalue weighted by molar-refractivity contribution is 5.94. The first-order valence-corrected chi connectivity index (χ1v) is 12.2. The predicted molar refractivity (Wildman–Crippen MR) is 125 cm³/mol. The minimum absolute atomic E-state index is 0.0502. The zero-order valence-corrected chi connectivity index (χ0v) is 20.0. The number of nitrogens with zero attached hydrogens (tertiary/aromatic N) is 2. The number of amides is 1. The van der Waals surface area contributed by atoms with Gasteiger partial charge in [0.25, 0.3) is 0 Å². The molecular formula is C27H28N2O6. The number of ether oxygens (including phenoxy) is 3. The number of hydrogen-bond donors (Lipinski definition) is 0. The van der Waals surface area contributed by atoms with Crippen molar-refractivity contribution in [2.24, 2.45) is 0 Å². The number of benzene rings is 2. The van der Waals surface area contributed by atoms with Gasteiger partial charge in [-0.15, -0.1) is 0 Å². The third kappa shape index (κ3) is 3.67. The van der Waals surface area contributed by atoms with Gasteiger partial charge < -0.3 is 14.2 Å². The number of rotatable bonds is 5. The summed E-state index contributed by atoms with van der Waals surface area (Å²) in [6.07, 6.45) is 1.31. The van der Waals surface area contributed by atoms with E-state index in [-0.39, 0.29) is 30.2 Å². The van der Waals surface area contributed by atoms with Gasteiger partial charge in [0.05, 0.1) is 17.2 Å². The highest BCUT2D eigenvalue weighted by Gasteiger charge is 2.45. The minimum atomic E-state index is -0.278. The Balaban J connectivity index is 1.10. The van der Waals surface area contributed by atoms with Crippen LogP contribution >= 0.6 is 0 Å². The first kappa shape index (κ1) is 22.1. The molecule has 35 heavy (non-hydrogen) atoms. The van der Waals surface area contributed by atoms with Crippen molar-refractivity contribution in [1.29, 1.82) is 0 Å². The van der Waals surface area contributed by atoms with Crippen LogP contribution in [0.2, 0.25) is 0 Å². The molecule has 2 atom stereocenters. The molecule has 2 saturated heterocycles. The number of hydrogen-bond acceptors (Lipinski definition) is 7. The van der Waals surface area contributed by atoms with E-state index in [1.807, 2.05) is 30.0 Å². The molecule has 6 rings (SSSR count). The molecule has 0 bridgehead atoms. The Morgan fingerprint density at radius 3 is 2.20 bits per heavy atom.